The van der Waals surface area contributed by atoms with Crippen molar-refractivity contribution in [2.75, 3.05) is 0 Å². The SMILES string of the molecule is Cc1cnccc1C(N)c1ccnn1C. The highest BCUT2D eigenvalue weighted by Gasteiger charge is 2.13. The van der Waals surface area contributed by atoms with Gasteiger partial charge in [-0.15, -0.1) is 0 Å². The van der Waals surface area contributed by atoms with Crippen LogP contribution in [0.3, 0.4) is 0 Å². The zero-order valence-electron chi connectivity index (χ0n) is 8.88. The monoisotopic (exact) mass is 202 g/mol. The molecule has 15 heavy (non-hydrogen) atoms. The van der Waals surface area contributed by atoms with E-state index in [-0.39, 0.29) is 6.04 Å². The lowest BCUT2D eigenvalue weighted by Crippen LogP contribution is -2.17. The number of nitrogens with zero attached hydrogens (tertiary/aromatic N) is 3. The van der Waals surface area contributed by atoms with E-state index in [2.05, 4.69) is 10.1 Å². The second-order valence-electron chi connectivity index (χ2n) is 3.59. The molecule has 1 atom stereocenters. The molecule has 78 valence electrons. The lowest BCUT2D eigenvalue weighted by atomic mass is 10.0. The summed E-state index contributed by atoms with van der Waals surface area (Å²) in [6.45, 7) is 2.01. The molecular formula is C11H14N4. The largest absolute Gasteiger partial charge is 0.319 e. The van der Waals surface area contributed by atoms with Crippen molar-refractivity contribution in [3.05, 3.63) is 47.5 Å². The Labute approximate surface area is 88.8 Å². The van der Waals surface area contributed by atoms with E-state index in [1.165, 1.54) is 0 Å². The fourth-order valence-electron chi connectivity index (χ4n) is 1.68. The summed E-state index contributed by atoms with van der Waals surface area (Å²) in [6.07, 6.45) is 5.34. The van der Waals surface area contributed by atoms with E-state index in [1.807, 2.05) is 32.3 Å². The minimum absolute atomic E-state index is 0.138. The molecule has 4 nitrogen and oxygen atoms in total. The zero-order chi connectivity index (χ0) is 10.8. The van der Waals surface area contributed by atoms with Crippen LogP contribution in [0.1, 0.15) is 22.9 Å². The van der Waals surface area contributed by atoms with Gasteiger partial charge in [-0.25, -0.2) is 0 Å². The maximum absolute atomic E-state index is 6.17. The summed E-state index contributed by atoms with van der Waals surface area (Å²) in [6, 6.07) is 3.75. The highest BCUT2D eigenvalue weighted by molar-refractivity contribution is 5.31. The molecule has 0 aromatic carbocycles. The molecule has 0 bridgehead atoms. The molecule has 2 heterocycles. The second kappa shape index (κ2) is 3.82. The number of rotatable bonds is 2. The van der Waals surface area contributed by atoms with Gasteiger partial charge in [0.05, 0.1) is 11.7 Å². The molecule has 2 aromatic heterocycles. The van der Waals surface area contributed by atoms with E-state index in [1.54, 1.807) is 17.1 Å². The van der Waals surface area contributed by atoms with E-state index in [0.29, 0.717) is 0 Å². The fraction of sp³-hybridized carbons (Fsp3) is 0.273. The smallest absolute Gasteiger partial charge is 0.0726 e. The first-order valence-electron chi connectivity index (χ1n) is 4.84. The normalized spacial score (nSPS) is 12.7. The van der Waals surface area contributed by atoms with Gasteiger partial charge in [0.2, 0.25) is 0 Å². The molecule has 0 aliphatic heterocycles. The van der Waals surface area contributed by atoms with Crippen molar-refractivity contribution in [2.24, 2.45) is 12.8 Å². The highest BCUT2D eigenvalue weighted by atomic mass is 15.3. The Morgan fingerprint density at radius 3 is 2.73 bits per heavy atom. The van der Waals surface area contributed by atoms with Crippen LogP contribution in [0.15, 0.2) is 30.7 Å². The van der Waals surface area contributed by atoms with Crippen molar-refractivity contribution in [1.29, 1.82) is 0 Å². The quantitative estimate of drug-likeness (QED) is 0.795. The highest BCUT2D eigenvalue weighted by Crippen LogP contribution is 2.20. The number of aromatic nitrogens is 3. The molecule has 0 radical (unpaired) electrons. The number of hydrogen-bond acceptors (Lipinski definition) is 3. The first kappa shape index (κ1) is 9.86. The van der Waals surface area contributed by atoms with Gasteiger partial charge in [0, 0.05) is 25.6 Å². The van der Waals surface area contributed by atoms with Crippen molar-refractivity contribution < 1.29 is 0 Å². The predicted octanol–water partition coefficient (Wildman–Crippen LogP) is 1.17. The van der Waals surface area contributed by atoms with Crippen LogP contribution in [0.5, 0.6) is 0 Å². The lowest BCUT2D eigenvalue weighted by molar-refractivity contribution is 0.671. The van der Waals surface area contributed by atoms with E-state index >= 15 is 0 Å². The standard InChI is InChI=1S/C11H14N4/c1-8-7-13-5-3-9(8)11(12)10-4-6-14-15(10)2/h3-7,11H,12H2,1-2H3. The van der Waals surface area contributed by atoms with Gasteiger partial charge in [0.25, 0.3) is 0 Å². The molecule has 0 amide bonds. The van der Waals surface area contributed by atoms with Gasteiger partial charge in [0.1, 0.15) is 0 Å². The molecule has 1 unspecified atom stereocenters. The molecule has 0 saturated heterocycles. The average molecular weight is 202 g/mol. The predicted molar refractivity (Wildman–Crippen MR) is 58.2 cm³/mol. The molecule has 2 aromatic rings. The molecule has 0 spiro atoms. The number of nitrogens with two attached hydrogens (primary N) is 1. The Bertz CT molecular complexity index is 461. The lowest BCUT2D eigenvalue weighted by Gasteiger charge is -2.14. The first-order chi connectivity index (χ1) is 7.20. The Balaban J connectivity index is 2.41. The summed E-state index contributed by atoms with van der Waals surface area (Å²) in [5.74, 6) is 0. The third kappa shape index (κ3) is 1.76. The van der Waals surface area contributed by atoms with Crippen LogP contribution >= 0.6 is 0 Å². The molecule has 2 rings (SSSR count). The molecule has 0 fully saturated rings. The fourth-order valence-corrected chi connectivity index (χ4v) is 1.68. The summed E-state index contributed by atoms with van der Waals surface area (Å²) < 4.78 is 1.80. The van der Waals surface area contributed by atoms with Crippen molar-refractivity contribution in [2.45, 2.75) is 13.0 Å². The molecule has 0 saturated carbocycles. The zero-order valence-corrected chi connectivity index (χ0v) is 8.88. The maximum Gasteiger partial charge on any atom is 0.0726 e. The molecule has 2 N–H and O–H groups in total. The summed E-state index contributed by atoms with van der Waals surface area (Å²) >= 11 is 0. The van der Waals surface area contributed by atoms with Gasteiger partial charge in [-0.2, -0.15) is 5.10 Å². The van der Waals surface area contributed by atoms with Crippen LogP contribution in [0.4, 0.5) is 0 Å². The van der Waals surface area contributed by atoms with E-state index in [0.717, 1.165) is 16.8 Å². The number of aryl methyl sites for hydroxylation is 2. The van der Waals surface area contributed by atoms with Crippen LogP contribution in [0.25, 0.3) is 0 Å². The van der Waals surface area contributed by atoms with Crippen molar-refractivity contribution in [3.63, 3.8) is 0 Å². The van der Waals surface area contributed by atoms with Gasteiger partial charge in [0.15, 0.2) is 0 Å². The Morgan fingerprint density at radius 1 is 1.33 bits per heavy atom. The second-order valence-corrected chi connectivity index (χ2v) is 3.59. The average Bonchev–Trinajstić information content (AvgIpc) is 2.64. The van der Waals surface area contributed by atoms with Crippen LogP contribution in [-0.2, 0) is 7.05 Å². The Hall–Kier alpha value is -1.68. The van der Waals surface area contributed by atoms with Gasteiger partial charge >= 0.3 is 0 Å². The summed E-state index contributed by atoms with van der Waals surface area (Å²) in [5, 5.41) is 4.11. The van der Waals surface area contributed by atoms with Crippen LogP contribution in [-0.4, -0.2) is 14.8 Å². The minimum atomic E-state index is -0.138. The van der Waals surface area contributed by atoms with Crippen LogP contribution in [0.2, 0.25) is 0 Å². The van der Waals surface area contributed by atoms with Gasteiger partial charge in [-0.3, -0.25) is 9.67 Å². The summed E-state index contributed by atoms with van der Waals surface area (Å²) in [4.78, 5) is 4.05. The Kier molecular flexibility index (Phi) is 2.51. The third-order valence-corrected chi connectivity index (χ3v) is 2.58. The van der Waals surface area contributed by atoms with E-state index in [4.69, 9.17) is 5.73 Å². The summed E-state index contributed by atoms with van der Waals surface area (Å²) in [7, 11) is 1.89. The third-order valence-electron chi connectivity index (χ3n) is 2.58. The molecular weight excluding hydrogens is 188 g/mol. The Morgan fingerprint density at radius 2 is 2.13 bits per heavy atom. The summed E-state index contributed by atoms with van der Waals surface area (Å²) in [5.41, 5.74) is 9.37. The first-order valence-corrected chi connectivity index (χ1v) is 4.84. The molecule has 0 aliphatic carbocycles. The van der Waals surface area contributed by atoms with Crippen molar-refractivity contribution in [3.8, 4) is 0 Å². The van der Waals surface area contributed by atoms with Crippen LogP contribution < -0.4 is 5.73 Å². The van der Waals surface area contributed by atoms with Gasteiger partial charge in [-0.1, -0.05) is 0 Å². The van der Waals surface area contributed by atoms with Gasteiger partial charge < -0.3 is 5.73 Å². The topological polar surface area (TPSA) is 56.7 Å². The number of pyridine rings is 1. The van der Waals surface area contributed by atoms with E-state index in [9.17, 15) is 0 Å². The minimum Gasteiger partial charge on any atom is -0.319 e. The van der Waals surface area contributed by atoms with Crippen LogP contribution in [0, 0.1) is 6.92 Å². The van der Waals surface area contributed by atoms with Crippen molar-refractivity contribution >= 4 is 0 Å². The molecule has 0 aliphatic rings. The maximum atomic E-state index is 6.17. The van der Waals surface area contributed by atoms with Gasteiger partial charge in [-0.05, 0) is 30.2 Å². The van der Waals surface area contributed by atoms with Crippen molar-refractivity contribution in [1.82, 2.24) is 14.8 Å². The van der Waals surface area contributed by atoms with E-state index < -0.39 is 0 Å². The number of hydrogen-bond donors (Lipinski definition) is 1. The molecule has 4 heteroatoms.